The Morgan fingerprint density at radius 1 is 1.05 bits per heavy atom. The Kier molecular flexibility index (Phi) is 7.36. The average Bonchev–Trinajstić information content (AvgIpc) is 3.40. The summed E-state index contributed by atoms with van der Waals surface area (Å²) < 4.78 is 11.2. The molecule has 0 aliphatic carbocycles. The first-order chi connectivity index (χ1) is 17.8. The third-order valence-corrected chi connectivity index (χ3v) is 7.61. The van der Waals surface area contributed by atoms with Gasteiger partial charge in [0, 0.05) is 38.2 Å². The Labute approximate surface area is 218 Å². The van der Waals surface area contributed by atoms with Crippen molar-refractivity contribution in [3.8, 4) is 5.75 Å². The van der Waals surface area contributed by atoms with E-state index in [1.807, 2.05) is 43.3 Å². The summed E-state index contributed by atoms with van der Waals surface area (Å²) in [5.74, 6) is -0.154. The highest BCUT2D eigenvalue weighted by Crippen LogP contribution is 2.41. The molecule has 5 rings (SSSR count). The molecular weight excluding hydrogens is 468 g/mol. The molecule has 0 saturated carbocycles. The highest BCUT2D eigenvalue weighted by molar-refractivity contribution is 6.46. The summed E-state index contributed by atoms with van der Waals surface area (Å²) in [6.07, 6.45) is 1.55. The number of hydrogen-bond donors (Lipinski definition) is 1. The summed E-state index contributed by atoms with van der Waals surface area (Å²) >= 11 is 0. The van der Waals surface area contributed by atoms with Gasteiger partial charge in [0.1, 0.15) is 17.6 Å². The molecule has 7 nitrogen and oxygen atoms in total. The molecule has 2 saturated heterocycles. The van der Waals surface area contributed by atoms with Gasteiger partial charge in [-0.1, -0.05) is 38.1 Å². The summed E-state index contributed by atoms with van der Waals surface area (Å²) in [5, 5.41) is 11.4. The van der Waals surface area contributed by atoms with Crippen LogP contribution < -0.4 is 4.74 Å². The Hall–Kier alpha value is -3.16. The smallest absolute Gasteiger partial charge is 0.295 e. The Bertz CT molecular complexity index is 1200. The molecule has 2 aromatic rings. The molecule has 0 spiro atoms. The van der Waals surface area contributed by atoms with E-state index in [0.717, 1.165) is 62.6 Å². The van der Waals surface area contributed by atoms with Crippen LogP contribution >= 0.6 is 0 Å². The van der Waals surface area contributed by atoms with E-state index in [9.17, 15) is 14.7 Å². The van der Waals surface area contributed by atoms with Crippen molar-refractivity contribution in [1.82, 2.24) is 9.80 Å². The average molecular weight is 505 g/mol. The van der Waals surface area contributed by atoms with Crippen LogP contribution in [0, 0.1) is 0 Å². The molecule has 37 heavy (non-hydrogen) atoms. The van der Waals surface area contributed by atoms with E-state index in [2.05, 4.69) is 18.7 Å². The molecule has 196 valence electrons. The van der Waals surface area contributed by atoms with Crippen molar-refractivity contribution in [2.75, 3.05) is 39.4 Å². The quantitative estimate of drug-likeness (QED) is 0.345. The minimum Gasteiger partial charge on any atom is -0.507 e. The van der Waals surface area contributed by atoms with E-state index in [1.54, 1.807) is 11.0 Å². The minimum atomic E-state index is -0.632. The van der Waals surface area contributed by atoms with Crippen LogP contribution in [0.1, 0.15) is 61.4 Å². The van der Waals surface area contributed by atoms with Crippen molar-refractivity contribution in [2.24, 2.45) is 0 Å². The molecular formula is C30H36N2O5. The number of fused-ring (bicyclic) bond motifs is 1. The molecule has 3 aliphatic rings. The number of ether oxygens (including phenoxy) is 2. The number of rotatable bonds is 7. The Morgan fingerprint density at radius 2 is 1.78 bits per heavy atom. The number of carbonyl (C=O) groups is 2. The van der Waals surface area contributed by atoms with Crippen molar-refractivity contribution in [3.05, 3.63) is 70.3 Å². The third-order valence-electron chi connectivity index (χ3n) is 7.61. The Morgan fingerprint density at radius 3 is 2.49 bits per heavy atom. The molecule has 3 aliphatic heterocycles. The maximum Gasteiger partial charge on any atom is 0.295 e. The SMILES string of the molecule is CC(C)c1ccc([C@H]2/C(=C(\O)c3ccc4c(c3)C[C@H](C)O4)C(=O)C(=O)N2CCCN2CCOCC2)cc1. The molecule has 3 heterocycles. The number of aliphatic hydroxyl groups excluding tert-OH is 1. The number of carbonyl (C=O) groups excluding carboxylic acids is 2. The lowest BCUT2D eigenvalue weighted by Gasteiger charge is -2.29. The number of likely N-dealkylation sites (tertiary alicyclic amines) is 1. The number of hydrogen-bond acceptors (Lipinski definition) is 6. The Balaban J connectivity index is 1.49. The van der Waals surface area contributed by atoms with Gasteiger partial charge in [-0.15, -0.1) is 0 Å². The molecule has 2 fully saturated rings. The first kappa shape index (κ1) is 25.5. The second kappa shape index (κ2) is 10.7. The number of morpholine rings is 1. The normalized spacial score (nSPS) is 23.5. The molecule has 2 aromatic carbocycles. The van der Waals surface area contributed by atoms with Crippen molar-refractivity contribution in [3.63, 3.8) is 0 Å². The van der Waals surface area contributed by atoms with Crippen molar-refractivity contribution < 1.29 is 24.2 Å². The van der Waals surface area contributed by atoms with Crippen LogP contribution in [0.3, 0.4) is 0 Å². The maximum atomic E-state index is 13.4. The van der Waals surface area contributed by atoms with Crippen LogP contribution in [0.5, 0.6) is 5.75 Å². The summed E-state index contributed by atoms with van der Waals surface area (Å²) in [6, 6.07) is 12.9. The molecule has 0 bridgehead atoms. The van der Waals surface area contributed by atoms with Gasteiger partial charge in [0.05, 0.1) is 24.8 Å². The van der Waals surface area contributed by atoms with E-state index < -0.39 is 17.7 Å². The van der Waals surface area contributed by atoms with Gasteiger partial charge in [-0.3, -0.25) is 14.5 Å². The zero-order valence-corrected chi connectivity index (χ0v) is 21.9. The van der Waals surface area contributed by atoms with Gasteiger partial charge in [-0.25, -0.2) is 0 Å². The lowest BCUT2D eigenvalue weighted by Crippen LogP contribution is -2.38. The van der Waals surface area contributed by atoms with E-state index in [-0.39, 0.29) is 17.4 Å². The predicted molar refractivity (Wildman–Crippen MR) is 142 cm³/mol. The molecule has 0 unspecified atom stereocenters. The van der Waals surface area contributed by atoms with E-state index >= 15 is 0 Å². The zero-order chi connectivity index (χ0) is 26.1. The summed E-state index contributed by atoms with van der Waals surface area (Å²) in [7, 11) is 0. The van der Waals surface area contributed by atoms with Crippen LogP contribution in [0.2, 0.25) is 0 Å². The molecule has 2 atom stereocenters. The number of amides is 1. The van der Waals surface area contributed by atoms with Gasteiger partial charge in [0.2, 0.25) is 0 Å². The molecule has 1 amide bonds. The van der Waals surface area contributed by atoms with Gasteiger partial charge in [-0.05, 0) is 54.2 Å². The summed E-state index contributed by atoms with van der Waals surface area (Å²) in [5.41, 5.74) is 3.69. The second-order valence-corrected chi connectivity index (χ2v) is 10.6. The zero-order valence-electron chi connectivity index (χ0n) is 21.9. The van der Waals surface area contributed by atoms with Crippen molar-refractivity contribution in [1.29, 1.82) is 0 Å². The van der Waals surface area contributed by atoms with Crippen LogP contribution in [-0.4, -0.2) is 72.1 Å². The summed E-state index contributed by atoms with van der Waals surface area (Å²) in [4.78, 5) is 30.6. The van der Waals surface area contributed by atoms with Gasteiger partial charge >= 0.3 is 0 Å². The van der Waals surface area contributed by atoms with Crippen molar-refractivity contribution in [2.45, 2.75) is 51.7 Å². The second-order valence-electron chi connectivity index (χ2n) is 10.6. The maximum absolute atomic E-state index is 13.4. The molecule has 7 heteroatoms. The number of aliphatic hydroxyl groups is 1. The number of nitrogens with zero attached hydrogens (tertiary/aromatic N) is 2. The fraction of sp³-hybridized carbons (Fsp3) is 0.467. The van der Waals surface area contributed by atoms with Crippen molar-refractivity contribution >= 4 is 17.4 Å². The first-order valence-electron chi connectivity index (χ1n) is 13.3. The third kappa shape index (κ3) is 5.15. The fourth-order valence-corrected chi connectivity index (χ4v) is 5.53. The van der Waals surface area contributed by atoms with E-state index in [0.29, 0.717) is 18.0 Å². The fourth-order valence-electron chi connectivity index (χ4n) is 5.53. The molecule has 0 aromatic heterocycles. The molecule has 0 radical (unpaired) electrons. The molecule has 1 N–H and O–H groups in total. The van der Waals surface area contributed by atoms with Crippen LogP contribution in [-0.2, 0) is 20.7 Å². The topological polar surface area (TPSA) is 79.3 Å². The van der Waals surface area contributed by atoms with E-state index in [4.69, 9.17) is 9.47 Å². The minimum absolute atomic E-state index is 0.0731. The van der Waals surface area contributed by atoms with Gasteiger partial charge in [0.15, 0.2) is 0 Å². The monoisotopic (exact) mass is 504 g/mol. The predicted octanol–water partition coefficient (Wildman–Crippen LogP) is 4.28. The van der Waals surface area contributed by atoms with Crippen LogP contribution in [0.4, 0.5) is 0 Å². The number of ketones is 1. The lowest BCUT2D eigenvalue weighted by molar-refractivity contribution is -0.140. The van der Waals surface area contributed by atoms with Crippen LogP contribution in [0.15, 0.2) is 48.0 Å². The number of Topliss-reactive ketones (excluding diaryl/α,β-unsaturated/α-hetero) is 1. The lowest BCUT2D eigenvalue weighted by atomic mass is 9.92. The standard InChI is InChI=1S/C30H36N2O5/c1-19(2)21-5-7-22(8-6-21)27-26(28(33)23-9-10-25-24(18-23)17-20(3)37-25)29(34)30(35)32(27)12-4-11-31-13-15-36-16-14-31/h5-10,18-20,27,33H,4,11-17H2,1-3H3/b28-26+/t20-,27-/m0/s1. The van der Waals surface area contributed by atoms with E-state index in [1.165, 1.54) is 5.56 Å². The largest absolute Gasteiger partial charge is 0.507 e. The van der Waals surface area contributed by atoms with Gasteiger partial charge in [-0.2, -0.15) is 0 Å². The van der Waals surface area contributed by atoms with Crippen LogP contribution in [0.25, 0.3) is 5.76 Å². The summed E-state index contributed by atoms with van der Waals surface area (Å²) in [6.45, 7) is 10.7. The van der Waals surface area contributed by atoms with Gasteiger partial charge < -0.3 is 19.5 Å². The van der Waals surface area contributed by atoms with Gasteiger partial charge in [0.25, 0.3) is 11.7 Å². The first-order valence-corrected chi connectivity index (χ1v) is 13.3. The number of benzene rings is 2. The highest BCUT2D eigenvalue weighted by atomic mass is 16.5. The highest BCUT2D eigenvalue weighted by Gasteiger charge is 2.46.